The molecule has 2 aliphatic heterocycles. The number of rotatable bonds is 4. The van der Waals surface area contributed by atoms with Gasteiger partial charge in [0.25, 0.3) is 0 Å². The van der Waals surface area contributed by atoms with Crippen molar-refractivity contribution in [1.29, 1.82) is 0 Å². The number of piperidine rings is 1. The van der Waals surface area contributed by atoms with Gasteiger partial charge in [0.1, 0.15) is 0 Å². The fraction of sp³-hybridized carbons (Fsp3) is 0.933. The summed E-state index contributed by atoms with van der Waals surface area (Å²) in [7, 11) is 2.18. The Hall–Kier alpha value is -0.610. The minimum absolute atomic E-state index is 0.177. The first-order valence-electron chi connectivity index (χ1n) is 7.66. The lowest BCUT2D eigenvalue weighted by molar-refractivity contribution is -0.126. The summed E-state index contributed by atoms with van der Waals surface area (Å²) < 4.78 is 0. The van der Waals surface area contributed by atoms with Crippen LogP contribution in [0.4, 0.5) is 0 Å². The molecular formula is C15H29N3O. The highest BCUT2D eigenvalue weighted by atomic mass is 16.1. The quantitative estimate of drug-likeness (QED) is 0.801. The van der Waals surface area contributed by atoms with Gasteiger partial charge in [0, 0.05) is 19.6 Å². The van der Waals surface area contributed by atoms with Gasteiger partial charge in [0.2, 0.25) is 5.91 Å². The molecule has 2 saturated heterocycles. The van der Waals surface area contributed by atoms with Crippen LogP contribution in [0.3, 0.4) is 0 Å². The van der Waals surface area contributed by atoms with Gasteiger partial charge in [-0.05, 0) is 50.7 Å². The maximum absolute atomic E-state index is 12.2. The standard InChI is InChI=1S/C15H29N3O/c1-15(2,13-6-8-18(3)10-13)11-17-14(19)12-5-4-7-16-9-12/h12-13,16H,4-11H2,1-3H3,(H,17,19). The van der Waals surface area contributed by atoms with Crippen molar-refractivity contribution >= 4 is 5.91 Å². The Bertz CT molecular complexity index is 311. The van der Waals surface area contributed by atoms with Crippen molar-refractivity contribution in [3.8, 4) is 0 Å². The number of nitrogens with zero attached hydrogens (tertiary/aromatic N) is 1. The van der Waals surface area contributed by atoms with Crippen LogP contribution in [-0.4, -0.2) is 50.6 Å². The van der Waals surface area contributed by atoms with Gasteiger partial charge in [0.15, 0.2) is 0 Å². The topological polar surface area (TPSA) is 44.4 Å². The molecule has 2 N–H and O–H groups in total. The summed E-state index contributed by atoms with van der Waals surface area (Å²) in [5.41, 5.74) is 0.197. The summed E-state index contributed by atoms with van der Waals surface area (Å²) in [4.78, 5) is 14.6. The summed E-state index contributed by atoms with van der Waals surface area (Å²) in [6, 6.07) is 0. The average Bonchev–Trinajstić information content (AvgIpc) is 2.85. The molecule has 0 aromatic rings. The van der Waals surface area contributed by atoms with E-state index in [2.05, 4.69) is 36.4 Å². The predicted octanol–water partition coefficient (Wildman–Crippen LogP) is 1.08. The van der Waals surface area contributed by atoms with Crippen molar-refractivity contribution in [2.24, 2.45) is 17.3 Å². The third-order valence-corrected chi connectivity index (χ3v) is 4.88. The number of hydrogen-bond donors (Lipinski definition) is 2. The van der Waals surface area contributed by atoms with Crippen LogP contribution in [0.15, 0.2) is 0 Å². The fourth-order valence-electron chi connectivity index (χ4n) is 3.25. The van der Waals surface area contributed by atoms with Crippen LogP contribution < -0.4 is 10.6 Å². The summed E-state index contributed by atoms with van der Waals surface area (Å²) in [5, 5.41) is 6.49. The first-order valence-corrected chi connectivity index (χ1v) is 7.66. The van der Waals surface area contributed by atoms with E-state index in [1.807, 2.05) is 0 Å². The summed E-state index contributed by atoms with van der Waals surface area (Å²) in [6.07, 6.45) is 3.41. The molecule has 4 nitrogen and oxygen atoms in total. The van der Waals surface area contributed by atoms with Gasteiger partial charge in [-0.3, -0.25) is 4.79 Å². The highest BCUT2D eigenvalue weighted by Gasteiger charge is 2.34. The van der Waals surface area contributed by atoms with Crippen LogP contribution >= 0.6 is 0 Å². The minimum atomic E-state index is 0.177. The highest BCUT2D eigenvalue weighted by molar-refractivity contribution is 5.79. The molecule has 0 aromatic heterocycles. The third kappa shape index (κ3) is 3.93. The zero-order valence-corrected chi connectivity index (χ0v) is 12.7. The highest BCUT2D eigenvalue weighted by Crippen LogP contribution is 2.33. The number of hydrogen-bond acceptors (Lipinski definition) is 3. The van der Waals surface area contributed by atoms with E-state index in [1.54, 1.807) is 0 Å². The van der Waals surface area contributed by atoms with Crippen molar-refractivity contribution in [2.75, 3.05) is 39.8 Å². The fourth-order valence-corrected chi connectivity index (χ4v) is 3.25. The number of amides is 1. The molecule has 19 heavy (non-hydrogen) atoms. The van der Waals surface area contributed by atoms with Crippen LogP contribution in [0.2, 0.25) is 0 Å². The molecule has 0 radical (unpaired) electrons. The number of nitrogens with one attached hydrogen (secondary N) is 2. The van der Waals surface area contributed by atoms with Gasteiger partial charge >= 0.3 is 0 Å². The Morgan fingerprint density at radius 1 is 1.42 bits per heavy atom. The lowest BCUT2D eigenvalue weighted by Gasteiger charge is -2.33. The van der Waals surface area contributed by atoms with Crippen LogP contribution in [0.5, 0.6) is 0 Å². The van der Waals surface area contributed by atoms with E-state index < -0.39 is 0 Å². The smallest absolute Gasteiger partial charge is 0.224 e. The van der Waals surface area contributed by atoms with Crippen LogP contribution in [-0.2, 0) is 4.79 Å². The molecule has 2 rings (SSSR count). The van der Waals surface area contributed by atoms with Crippen molar-refractivity contribution in [3.63, 3.8) is 0 Å². The monoisotopic (exact) mass is 267 g/mol. The SMILES string of the molecule is CN1CCC(C(C)(C)CNC(=O)C2CCCNC2)C1. The molecule has 2 aliphatic rings. The molecule has 0 saturated carbocycles. The molecule has 0 bridgehead atoms. The zero-order chi connectivity index (χ0) is 13.9. The minimum Gasteiger partial charge on any atom is -0.355 e. The number of carbonyl (C=O) groups is 1. The molecule has 1 amide bonds. The lowest BCUT2D eigenvalue weighted by Crippen LogP contribution is -2.45. The Labute approximate surface area is 117 Å². The Morgan fingerprint density at radius 3 is 2.79 bits per heavy atom. The van der Waals surface area contributed by atoms with E-state index in [0.717, 1.165) is 39.0 Å². The van der Waals surface area contributed by atoms with Gasteiger partial charge in [-0.25, -0.2) is 0 Å². The van der Waals surface area contributed by atoms with Gasteiger partial charge < -0.3 is 15.5 Å². The first-order chi connectivity index (χ1) is 8.99. The summed E-state index contributed by atoms with van der Waals surface area (Å²) in [5.74, 6) is 1.12. The van der Waals surface area contributed by atoms with Crippen molar-refractivity contribution in [3.05, 3.63) is 0 Å². The molecule has 110 valence electrons. The normalized spacial score (nSPS) is 29.4. The molecule has 2 unspecified atom stereocenters. The van der Waals surface area contributed by atoms with Crippen molar-refractivity contribution in [1.82, 2.24) is 15.5 Å². The first kappa shape index (κ1) is 14.8. The van der Waals surface area contributed by atoms with Gasteiger partial charge in [-0.15, -0.1) is 0 Å². The third-order valence-electron chi connectivity index (χ3n) is 4.88. The second kappa shape index (κ2) is 6.23. The van der Waals surface area contributed by atoms with E-state index in [-0.39, 0.29) is 17.2 Å². The molecule has 4 heteroatoms. The average molecular weight is 267 g/mol. The zero-order valence-electron chi connectivity index (χ0n) is 12.7. The van der Waals surface area contributed by atoms with Crippen molar-refractivity contribution in [2.45, 2.75) is 33.1 Å². The van der Waals surface area contributed by atoms with Crippen LogP contribution in [0.25, 0.3) is 0 Å². The van der Waals surface area contributed by atoms with E-state index in [9.17, 15) is 4.79 Å². The van der Waals surface area contributed by atoms with Crippen molar-refractivity contribution < 1.29 is 4.79 Å². The molecule has 0 spiro atoms. The second-order valence-corrected chi connectivity index (χ2v) is 7.00. The number of carbonyl (C=O) groups excluding carboxylic acids is 1. The molecule has 2 atom stereocenters. The van der Waals surface area contributed by atoms with E-state index in [1.165, 1.54) is 13.0 Å². The van der Waals surface area contributed by atoms with Crippen LogP contribution in [0.1, 0.15) is 33.1 Å². The predicted molar refractivity (Wildman–Crippen MR) is 78.0 cm³/mol. The van der Waals surface area contributed by atoms with E-state index >= 15 is 0 Å². The van der Waals surface area contributed by atoms with Crippen LogP contribution in [0, 0.1) is 17.3 Å². The molecule has 0 aromatic carbocycles. The van der Waals surface area contributed by atoms with Gasteiger partial charge in [-0.1, -0.05) is 13.8 Å². The molecule has 2 fully saturated rings. The van der Waals surface area contributed by atoms with E-state index in [0.29, 0.717) is 5.92 Å². The maximum Gasteiger partial charge on any atom is 0.224 e. The lowest BCUT2D eigenvalue weighted by atomic mass is 9.78. The Kier molecular flexibility index (Phi) is 4.85. The summed E-state index contributed by atoms with van der Waals surface area (Å²) >= 11 is 0. The molecular weight excluding hydrogens is 238 g/mol. The van der Waals surface area contributed by atoms with Gasteiger partial charge in [0.05, 0.1) is 5.92 Å². The number of likely N-dealkylation sites (tertiary alicyclic amines) is 1. The Morgan fingerprint density at radius 2 is 2.21 bits per heavy atom. The Balaban J connectivity index is 1.78. The molecule has 2 heterocycles. The second-order valence-electron chi connectivity index (χ2n) is 7.00. The van der Waals surface area contributed by atoms with E-state index in [4.69, 9.17) is 0 Å². The summed E-state index contributed by atoms with van der Waals surface area (Å²) in [6.45, 7) is 9.64. The largest absolute Gasteiger partial charge is 0.355 e. The van der Waals surface area contributed by atoms with Gasteiger partial charge in [-0.2, -0.15) is 0 Å². The molecule has 0 aliphatic carbocycles. The maximum atomic E-state index is 12.2.